The number of esters is 1. The monoisotopic (exact) mass is 406 g/mol. The van der Waals surface area contributed by atoms with Crippen LogP contribution in [0.1, 0.15) is 12.5 Å². The maximum absolute atomic E-state index is 12.9. The summed E-state index contributed by atoms with van der Waals surface area (Å²) < 4.78 is 16.8. The largest absolute Gasteiger partial charge is 0.497 e. The van der Waals surface area contributed by atoms with Crippen LogP contribution in [0, 0.1) is 0 Å². The highest BCUT2D eigenvalue weighted by Crippen LogP contribution is 2.35. The van der Waals surface area contributed by atoms with Crippen LogP contribution in [0.5, 0.6) is 11.5 Å². The van der Waals surface area contributed by atoms with E-state index in [4.69, 9.17) is 14.2 Å². The summed E-state index contributed by atoms with van der Waals surface area (Å²) in [4.78, 5) is 14.2. The number of carbonyl (C=O) groups excluding carboxylic acids is 1. The van der Waals surface area contributed by atoms with Crippen LogP contribution in [-0.4, -0.2) is 19.7 Å². The molecule has 0 aliphatic carbocycles. The third kappa shape index (κ3) is 5.65. The number of hydrogen-bond acceptors (Lipinski definition) is 5. The maximum Gasteiger partial charge on any atom is 0.348 e. The maximum atomic E-state index is 12.9. The van der Waals surface area contributed by atoms with Crippen LogP contribution in [0.25, 0.3) is 5.76 Å². The normalized spacial score (nSPS) is 11.4. The van der Waals surface area contributed by atoms with E-state index in [1.54, 1.807) is 14.0 Å². The molecular weight excluding hydrogens is 384 g/mol. The van der Waals surface area contributed by atoms with Gasteiger partial charge in [-0.15, -0.1) is 0 Å². The highest BCUT2D eigenvalue weighted by Gasteiger charge is 2.22. The van der Waals surface area contributed by atoms with Crippen LogP contribution in [-0.2, 0) is 9.53 Å². The standard InChI is InChI=1S/C24H22O4S/c1-3-27-24(25)23(29-21-12-8-5-9-13-21)22(28-20-10-6-4-7-11-20)18-14-16-19(26-2)17-15-18/h4-17H,3H2,1-2H3/b23-22-. The van der Waals surface area contributed by atoms with Gasteiger partial charge >= 0.3 is 5.97 Å². The Hall–Kier alpha value is -3.18. The SMILES string of the molecule is CCOC(=O)/C(Sc1ccccc1)=C(/Oc1ccccc1)c1ccc(OC)cc1. The smallest absolute Gasteiger partial charge is 0.348 e. The highest BCUT2D eigenvalue weighted by atomic mass is 32.2. The molecule has 0 radical (unpaired) electrons. The van der Waals surface area contributed by atoms with Gasteiger partial charge in [0.1, 0.15) is 16.4 Å². The fourth-order valence-electron chi connectivity index (χ4n) is 2.57. The van der Waals surface area contributed by atoms with Gasteiger partial charge in [0.05, 0.1) is 13.7 Å². The van der Waals surface area contributed by atoms with Gasteiger partial charge in [-0.1, -0.05) is 48.2 Å². The molecule has 0 bridgehead atoms. The summed E-state index contributed by atoms with van der Waals surface area (Å²) in [6.07, 6.45) is 0. The fraction of sp³-hybridized carbons (Fsp3) is 0.125. The predicted octanol–water partition coefficient (Wildman–Crippen LogP) is 5.80. The Morgan fingerprint density at radius 1 is 0.828 bits per heavy atom. The molecule has 4 nitrogen and oxygen atoms in total. The third-order valence-electron chi connectivity index (χ3n) is 3.95. The molecule has 0 saturated heterocycles. The molecule has 0 heterocycles. The lowest BCUT2D eigenvalue weighted by Gasteiger charge is -2.16. The molecule has 148 valence electrons. The molecule has 3 aromatic carbocycles. The third-order valence-corrected chi connectivity index (χ3v) is 5.01. The van der Waals surface area contributed by atoms with Crippen molar-refractivity contribution in [2.45, 2.75) is 11.8 Å². The zero-order chi connectivity index (χ0) is 20.5. The first-order valence-corrected chi connectivity index (χ1v) is 10.0. The van der Waals surface area contributed by atoms with Crippen LogP contribution in [0.3, 0.4) is 0 Å². The molecule has 3 rings (SSSR count). The lowest BCUT2D eigenvalue weighted by molar-refractivity contribution is -0.137. The van der Waals surface area contributed by atoms with Crippen molar-refractivity contribution in [3.8, 4) is 11.5 Å². The lowest BCUT2D eigenvalue weighted by Crippen LogP contribution is -2.10. The van der Waals surface area contributed by atoms with Crippen LogP contribution in [0.15, 0.2) is 94.7 Å². The van der Waals surface area contributed by atoms with E-state index in [1.165, 1.54) is 11.8 Å². The Kier molecular flexibility index (Phi) is 7.36. The number of benzene rings is 3. The van der Waals surface area contributed by atoms with Crippen molar-refractivity contribution < 1.29 is 19.0 Å². The molecule has 0 saturated carbocycles. The minimum absolute atomic E-state index is 0.277. The number of para-hydroxylation sites is 1. The minimum atomic E-state index is -0.428. The molecule has 0 N–H and O–H groups in total. The number of carbonyl (C=O) groups is 1. The van der Waals surface area contributed by atoms with Gasteiger partial charge in [-0.05, 0) is 55.5 Å². The Labute approximate surface area is 175 Å². The first-order chi connectivity index (χ1) is 14.2. The van der Waals surface area contributed by atoms with Gasteiger partial charge in [0.2, 0.25) is 0 Å². The minimum Gasteiger partial charge on any atom is -0.497 e. The summed E-state index contributed by atoms with van der Waals surface area (Å²) in [6.45, 7) is 2.06. The van der Waals surface area contributed by atoms with Gasteiger partial charge in [-0.25, -0.2) is 4.79 Å². The number of hydrogen-bond donors (Lipinski definition) is 0. The average Bonchev–Trinajstić information content (AvgIpc) is 2.78. The molecule has 29 heavy (non-hydrogen) atoms. The first kappa shape index (κ1) is 20.6. The summed E-state index contributed by atoms with van der Waals surface area (Å²) >= 11 is 1.32. The molecule has 0 aliphatic heterocycles. The molecule has 0 amide bonds. The van der Waals surface area contributed by atoms with Crippen molar-refractivity contribution in [1.82, 2.24) is 0 Å². The van der Waals surface area contributed by atoms with Crippen molar-refractivity contribution in [3.05, 3.63) is 95.4 Å². The van der Waals surface area contributed by atoms with Gasteiger partial charge in [-0.2, -0.15) is 0 Å². The van der Waals surface area contributed by atoms with E-state index in [-0.39, 0.29) is 6.61 Å². The summed E-state index contributed by atoms with van der Waals surface area (Å²) in [6, 6.07) is 26.4. The molecule has 0 spiro atoms. The quantitative estimate of drug-likeness (QED) is 0.205. The van der Waals surface area contributed by atoms with E-state index in [1.807, 2.05) is 84.9 Å². The average molecular weight is 407 g/mol. The number of methoxy groups -OCH3 is 1. The number of rotatable bonds is 8. The van der Waals surface area contributed by atoms with Crippen LogP contribution in [0.2, 0.25) is 0 Å². The molecular formula is C24H22O4S. The highest BCUT2D eigenvalue weighted by molar-refractivity contribution is 8.04. The number of thioether (sulfide) groups is 1. The van der Waals surface area contributed by atoms with E-state index in [0.717, 1.165) is 16.2 Å². The molecule has 0 unspecified atom stereocenters. The lowest BCUT2D eigenvalue weighted by atomic mass is 10.1. The Balaban J connectivity index is 2.11. The Morgan fingerprint density at radius 3 is 2.03 bits per heavy atom. The van der Waals surface area contributed by atoms with Gasteiger partial charge in [0, 0.05) is 10.5 Å². The van der Waals surface area contributed by atoms with Crippen molar-refractivity contribution in [2.24, 2.45) is 0 Å². The van der Waals surface area contributed by atoms with E-state index >= 15 is 0 Å². The second kappa shape index (κ2) is 10.4. The summed E-state index contributed by atoms with van der Waals surface area (Å²) in [5.74, 6) is 1.37. The topological polar surface area (TPSA) is 44.8 Å². The molecule has 0 aromatic heterocycles. The van der Waals surface area contributed by atoms with E-state index in [9.17, 15) is 4.79 Å². The molecule has 5 heteroatoms. The van der Waals surface area contributed by atoms with Crippen LogP contribution < -0.4 is 9.47 Å². The van der Waals surface area contributed by atoms with Crippen molar-refractivity contribution in [3.63, 3.8) is 0 Å². The van der Waals surface area contributed by atoms with E-state index in [2.05, 4.69) is 0 Å². The fourth-order valence-corrected chi connectivity index (χ4v) is 3.49. The second-order valence-electron chi connectivity index (χ2n) is 5.94. The van der Waals surface area contributed by atoms with Gasteiger partial charge in [0.25, 0.3) is 0 Å². The Bertz CT molecular complexity index is 951. The van der Waals surface area contributed by atoms with Crippen molar-refractivity contribution in [1.29, 1.82) is 0 Å². The van der Waals surface area contributed by atoms with E-state index in [0.29, 0.717) is 16.4 Å². The summed E-state index contributed by atoms with van der Waals surface area (Å²) in [5, 5.41) is 0. The summed E-state index contributed by atoms with van der Waals surface area (Å²) in [7, 11) is 1.61. The van der Waals surface area contributed by atoms with E-state index < -0.39 is 5.97 Å². The van der Waals surface area contributed by atoms with Gasteiger partial charge in [-0.3, -0.25) is 0 Å². The van der Waals surface area contributed by atoms with Crippen molar-refractivity contribution in [2.75, 3.05) is 13.7 Å². The second-order valence-corrected chi connectivity index (χ2v) is 7.02. The zero-order valence-corrected chi connectivity index (χ0v) is 17.1. The van der Waals surface area contributed by atoms with Crippen LogP contribution >= 0.6 is 11.8 Å². The molecule has 0 fully saturated rings. The first-order valence-electron chi connectivity index (χ1n) is 9.23. The predicted molar refractivity (Wildman–Crippen MR) is 116 cm³/mol. The number of ether oxygens (including phenoxy) is 3. The zero-order valence-electron chi connectivity index (χ0n) is 16.3. The van der Waals surface area contributed by atoms with Gasteiger partial charge in [0.15, 0.2) is 5.76 Å². The van der Waals surface area contributed by atoms with Crippen LogP contribution in [0.4, 0.5) is 0 Å². The molecule has 0 atom stereocenters. The van der Waals surface area contributed by atoms with Crippen molar-refractivity contribution >= 4 is 23.5 Å². The summed E-state index contributed by atoms with van der Waals surface area (Å²) in [5.41, 5.74) is 0.751. The van der Waals surface area contributed by atoms with Gasteiger partial charge < -0.3 is 14.2 Å². The Morgan fingerprint density at radius 2 is 1.45 bits per heavy atom. The molecule has 3 aromatic rings. The molecule has 0 aliphatic rings.